The summed E-state index contributed by atoms with van der Waals surface area (Å²) in [6, 6.07) is 0.0467. The van der Waals surface area contributed by atoms with Crippen molar-refractivity contribution >= 4 is 28.3 Å². The van der Waals surface area contributed by atoms with Crippen molar-refractivity contribution in [3.05, 3.63) is 12.4 Å². The third-order valence-corrected chi connectivity index (χ3v) is 5.08. The lowest BCUT2D eigenvalue weighted by molar-refractivity contribution is -0.120. The molecule has 0 spiro atoms. The van der Waals surface area contributed by atoms with Crippen LogP contribution in [0.5, 0.6) is 0 Å². The molecule has 0 saturated heterocycles. The number of carbonyl (C=O) groups excluding carboxylic acids is 1. The van der Waals surface area contributed by atoms with E-state index in [9.17, 15) is 13.2 Å². The Morgan fingerprint density at radius 2 is 2.23 bits per heavy atom. The van der Waals surface area contributed by atoms with Gasteiger partial charge in [0.1, 0.15) is 4.90 Å². The summed E-state index contributed by atoms with van der Waals surface area (Å²) in [6.45, 7) is 0.247. The van der Waals surface area contributed by atoms with Gasteiger partial charge in [0.05, 0.1) is 12.7 Å². The number of hydrogen-bond acceptors (Lipinski definition) is 5. The highest BCUT2D eigenvalue weighted by molar-refractivity contribution is 7.89. The first-order chi connectivity index (χ1) is 9.92. The largest absolute Gasteiger partial charge is 0.352 e. The Morgan fingerprint density at radius 3 is 2.82 bits per heavy atom. The standard InChI is InChI=1S/C12H21N5O3S.ClH/c1-17-8-10(6-14-17)21(19,20)15-7-12(18)16-11-4-2-3-9(11)5-13;/h6,8-9,11,15H,2-5,7,13H2,1H3,(H,16,18);1H. The molecular weight excluding hydrogens is 330 g/mol. The number of aryl methyl sites for hydroxylation is 1. The first kappa shape index (κ1) is 18.9. The van der Waals surface area contributed by atoms with Gasteiger partial charge in [0.2, 0.25) is 15.9 Å². The van der Waals surface area contributed by atoms with Crippen LogP contribution >= 0.6 is 12.4 Å². The summed E-state index contributed by atoms with van der Waals surface area (Å²) in [4.78, 5) is 11.9. The zero-order chi connectivity index (χ0) is 15.5. The number of carbonyl (C=O) groups is 1. The van der Waals surface area contributed by atoms with Crippen LogP contribution in [-0.4, -0.2) is 43.2 Å². The molecular formula is C12H22ClN5O3S. The number of nitrogens with two attached hydrogens (primary N) is 1. The molecule has 2 rings (SSSR count). The third-order valence-electron chi connectivity index (χ3n) is 3.72. The second-order valence-corrected chi connectivity index (χ2v) is 7.04. The second-order valence-electron chi connectivity index (χ2n) is 5.27. The molecule has 10 heteroatoms. The van der Waals surface area contributed by atoms with E-state index in [1.54, 1.807) is 7.05 Å². The molecule has 1 saturated carbocycles. The molecule has 0 radical (unpaired) electrons. The number of aromatic nitrogens is 2. The van der Waals surface area contributed by atoms with E-state index in [2.05, 4.69) is 15.1 Å². The molecule has 1 fully saturated rings. The van der Waals surface area contributed by atoms with Gasteiger partial charge in [-0.1, -0.05) is 6.42 Å². The molecule has 1 aromatic heterocycles. The predicted molar refractivity (Wildman–Crippen MR) is 84.0 cm³/mol. The van der Waals surface area contributed by atoms with E-state index in [1.807, 2.05) is 0 Å². The molecule has 8 nitrogen and oxygen atoms in total. The molecule has 1 amide bonds. The highest BCUT2D eigenvalue weighted by Gasteiger charge is 2.27. The van der Waals surface area contributed by atoms with Crippen molar-refractivity contribution in [2.75, 3.05) is 13.1 Å². The van der Waals surface area contributed by atoms with Crippen molar-refractivity contribution in [2.45, 2.75) is 30.2 Å². The molecule has 126 valence electrons. The van der Waals surface area contributed by atoms with Gasteiger partial charge < -0.3 is 11.1 Å². The topological polar surface area (TPSA) is 119 Å². The van der Waals surface area contributed by atoms with Gasteiger partial charge in [0.25, 0.3) is 0 Å². The summed E-state index contributed by atoms with van der Waals surface area (Å²) in [5, 5.41) is 6.64. The average molecular weight is 352 g/mol. The fourth-order valence-electron chi connectivity index (χ4n) is 2.55. The van der Waals surface area contributed by atoms with E-state index in [0.717, 1.165) is 19.3 Å². The summed E-state index contributed by atoms with van der Waals surface area (Å²) in [6.07, 6.45) is 5.55. The van der Waals surface area contributed by atoms with Crippen molar-refractivity contribution in [1.29, 1.82) is 0 Å². The molecule has 2 unspecified atom stereocenters. The first-order valence-corrected chi connectivity index (χ1v) is 8.38. The lowest BCUT2D eigenvalue weighted by atomic mass is 10.0. The Morgan fingerprint density at radius 1 is 1.50 bits per heavy atom. The Hall–Kier alpha value is -1.16. The van der Waals surface area contributed by atoms with E-state index in [-0.39, 0.29) is 41.7 Å². The van der Waals surface area contributed by atoms with Crippen molar-refractivity contribution in [2.24, 2.45) is 18.7 Å². The molecule has 1 heterocycles. The fourth-order valence-corrected chi connectivity index (χ4v) is 3.51. The molecule has 0 aliphatic heterocycles. The predicted octanol–water partition coefficient (Wildman–Crippen LogP) is -0.636. The number of hydrogen-bond donors (Lipinski definition) is 3. The number of sulfonamides is 1. The number of rotatable bonds is 6. The molecule has 2 atom stereocenters. The zero-order valence-corrected chi connectivity index (χ0v) is 14.0. The van der Waals surface area contributed by atoms with Gasteiger partial charge in [-0.3, -0.25) is 9.48 Å². The van der Waals surface area contributed by atoms with Gasteiger partial charge in [-0.05, 0) is 25.3 Å². The minimum atomic E-state index is -3.71. The minimum absolute atomic E-state index is 0. The second kappa shape index (κ2) is 7.91. The fraction of sp³-hybridized carbons (Fsp3) is 0.667. The van der Waals surface area contributed by atoms with Gasteiger partial charge in [-0.15, -0.1) is 12.4 Å². The van der Waals surface area contributed by atoms with Crippen molar-refractivity contribution in [3.63, 3.8) is 0 Å². The summed E-state index contributed by atoms with van der Waals surface area (Å²) in [7, 11) is -2.08. The molecule has 1 aliphatic carbocycles. The molecule has 0 bridgehead atoms. The SMILES string of the molecule is Cl.Cn1cc(S(=O)(=O)NCC(=O)NC2CCCC2CN)cn1. The van der Waals surface area contributed by atoms with Crippen LogP contribution in [0.15, 0.2) is 17.3 Å². The summed E-state index contributed by atoms with van der Waals surface area (Å²) < 4.78 is 27.5. The van der Waals surface area contributed by atoms with Crippen LogP contribution in [0.25, 0.3) is 0 Å². The number of amides is 1. The van der Waals surface area contributed by atoms with E-state index in [4.69, 9.17) is 5.73 Å². The van der Waals surface area contributed by atoms with E-state index in [0.29, 0.717) is 6.54 Å². The molecule has 22 heavy (non-hydrogen) atoms. The molecule has 1 aromatic rings. The maximum absolute atomic E-state index is 11.9. The van der Waals surface area contributed by atoms with Gasteiger partial charge in [0, 0.05) is 19.3 Å². The summed E-state index contributed by atoms with van der Waals surface area (Å²) >= 11 is 0. The highest BCUT2D eigenvalue weighted by Crippen LogP contribution is 2.24. The van der Waals surface area contributed by atoms with Gasteiger partial charge >= 0.3 is 0 Å². The Balaban J connectivity index is 0.00000242. The van der Waals surface area contributed by atoms with Gasteiger partial charge in [0.15, 0.2) is 0 Å². The van der Waals surface area contributed by atoms with Crippen LogP contribution in [0.3, 0.4) is 0 Å². The average Bonchev–Trinajstić information content (AvgIpc) is 3.05. The maximum atomic E-state index is 11.9. The van der Waals surface area contributed by atoms with Crippen molar-refractivity contribution in [1.82, 2.24) is 19.8 Å². The van der Waals surface area contributed by atoms with Crippen LogP contribution in [0.4, 0.5) is 0 Å². The number of nitrogens with one attached hydrogen (secondary N) is 2. The molecule has 0 aromatic carbocycles. The maximum Gasteiger partial charge on any atom is 0.244 e. The lowest BCUT2D eigenvalue weighted by Gasteiger charge is -2.19. The normalized spacial score (nSPS) is 21.4. The van der Waals surface area contributed by atoms with Crippen LogP contribution in [-0.2, 0) is 21.9 Å². The monoisotopic (exact) mass is 351 g/mol. The van der Waals surface area contributed by atoms with E-state index < -0.39 is 10.0 Å². The Labute approximate surface area is 136 Å². The van der Waals surface area contributed by atoms with Crippen molar-refractivity contribution in [3.8, 4) is 0 Å². The number of nitrogens with zero attached hydrogens (tertiary/aromatic N) is 2. The summed E-state index contributed by atoms with van der Waals surface area (Å²) in [5.74, 6) is -0.0586. The van der Waals surface area contributed by atoms with Crippen LogP contribution in [0, 0.1) is 5.92 Å². The highest BCUT2D eigenvalue weighted by atomic mass is 35.5. The van der Waals surface area contributed by atoms with E-state index >= 15 is 0 Å². The van der Waals surface area contributed by atoms with Gasteiger partial charge in [-0.2, -0.15) is 5.10 Å². The van der Waals surface area contributed by atoms with Crippen LogP contribution in [0.1, 0.15) is 19.3 Å². The smallest absolute Gasteiger partial charge is 0.244 e. The Bertz CT molecular complexity index is 604. The van der Waals surface area contributed by atoms with E-state index in [1.165, 1.54) is 17.1 Å². The minimum Gasteiger partial charge on any atom is -0.352 e. The zero-order valence-electron chi connectivity index (χ0n) is 12.4. The lowest BCUT2D eigenvalue weighted by Crippen LogP contribution is -2.44. The van der Waals surface area contributed by atoms with Gasteiger partial charge in [-0.25, -0.2) is 13.1 Å². The molecule has 4 N–H and O–H groups in total. The third kappa shape index (κ3) is 4.67. The quantitative estimate of drug-likeness (QED) is 0.630. The van der Waals surface area contributed by atoms with Crippen LogP contribution < -0.4 is 15.8 Å². The molecule has 1 aliphatic rings. The van der Waals surface area contributed by atoms with Crippen molar-refractivity contribution < 1.29 is 13.2 Å². The van der Waals surface area contributed by atoms with Crippen LogP contribution in [0.2, 0.25) is 0 Å². The Kier molecular flexibility index (Phi) is 6.79. The first-order valence-electron chi connectivity index (χ1n) is 6.90. The summed E-state index contributed by atoms with van der Waals surface area (Å²) in [5.41, 5.74) is 5.65. The number of halogens is 1.